The zero-order valence-corrected chi connectivity index (χ0v) is 11.5. The van der Waals surface area contributed by atoms with Crippen LogP contribution in [0, 0.1) is 0 Å². The Hall–Kier alpha value is -1.41. The van der Waals surface area contributed by atoms with Gasteiger partial charge in [-0.15, -0.1) is 0 Å². The number of carboxylic acid groups (broad SMARTS) is 1. The fraction of sp³-hybridized carbons (Fsp3) is 0.636. The fourth-order valence-electron chi connectivity index (χ4n) is 2.30. The Balaban J connectivity index is 2.27. The van der Waals surface area contributed by atoms with Crippen molar-refractivity contribution < 1.29 is 18.3 Å². The second kappa shape index (κ2) is 4.93. The lowest BCUT2D eigenvalue weighted by molar-refractivity contribution is -0.143. The monoisotopic (exact) mass is 287 g/mol. The molecule has 0 aromatic carbocycles. The van der Waals surface area contributed by atoms with Gasteiger partial charge in [0.05, 0.1) is 6.33 Å². The van der Waals surface area contributed by atoms with Gasteiger partial charge in [-0.25, -0.2) is 13.4 Å². The van der Waals surface area contributed by atoms with Gasteiger partial charge in [0.1, 0.15) is 5.54 Å². The Labute approximate surface area is 111 Å². The van der Waals surface area contributed by atoms with Crippen LogP contribution in [0.3, 0.4) is 0 Å². The van der Waals surface area contributed by atoms with E-state index in [4.69, 9.17) is 0 Å². The zero-order chi connectivity index (χ0) is 14.1. The quantitative estimate of drug-likeness (QED) is 0.825. The molecule has 0 bridgehead atoms. The first kappa shape index (κ1) is 14.0. The van der Waals surface area contributed by atoms with Gasteiger partial charge in [0, 0.05) is 12.7 Å². The predicted molar refractivity (Wildman–Crippen MR) is 67.1 cm³/mol. The number of nitrogens with zero attached hydrogens (tertiary/aromatic N) is 2. The van der Waals surface area contributed by atoms with Crippen LogP contribution >= 0.6 is 0 Å². The van der Waals surface area contributed by atoms with Crippen molar-refractivity contribution in [3.05, 3.63) is 12.5 Å². The highest BCUT2D eigenvalue weighted by molar-refractivity contribution is 7.89. The number of nitrogens with one attached hydrogen (secondary N) is 1. The minimum atomic E-state index is -3.90. The summed E-state index contributed by atoms with van der Waals surface area (Å²) in [5.41, 5.74) is -1.38. The Bertz CT molecular complexity index is 573. The predicted octanol–water partition coefficient (Wildman–Crippen LogP) is 0.579. The molecule has 7 nitrogen and oxygen atoms in total. The van der Waals surface area contributed by atoms with Crippen LogP contribution in [-0.2, 0) is 21.4 Å². The third-order valence-electron chi connectivity index (χ3n) is 3.45. The third kappa shape index (κ3) is 2.64. The number of hydrogen-bond acceptors (Lipinski definition) is 4. The van der Waals surface area contributed by atoms with Crippen LogP contribution in [0.15, 0.2) is 17.6 Å². The average molecular weight is 287 g/mol. The molecule has 1 aliphatic carbocycles. The normalized spacial score (nSPS) is 18.6. The molecule has 106 valence electrons. The maximum Gasteiger partial charge on any atom is 0.324 e. The maximum absolute atomic E-state index is 12.2. The maximum atomic E-state index is 12.2. The molecule has 0 unspecified atom stereocenters. The summed E-state index contributed by atoms with van der Waals surface area (Å²) in [5.74, 6) is -1.12. The number of imidazole rings is 1. The van der Waals surface area contributed by atoms with Gasteiger partial charge in [-0.3, -0.25) is 4.79 Å². The summed E-state index contributed by atoms with van der Waals surface area (Å²) >= 11 is 0. The minimum absolute atomic E-state index is 0.137. The van der Waals surface area contributed by atoms with E-state index in [1.165, 1.54) is 12.5 Å². The lowest BCUT2D eigenvalue weighted by atomic mass is 10.0. The van der Waals surface area contributed by atoms with Gasteiger partial charge in [-0.2, -0.15) is 4.72 Å². The standard InChI is InChI=1S/C11H17N3O4S/c1-2-14-7-9(12-8-14)19(17,18)13-11(10(15)16)5-3-4-6-11/h7-8,13H,2-6H2,1H3,(H,15,16). The van der Waals surface area contributed by atoms with Crippen LogP contribution in [0.2, 0.25) is 0 Å². The van der Waals surface area contributed by atoms with Crippen LogP contribution in [0.4, 0.5) is 0 Å². The number of carboxylic acids is 1. The average Bonchev–Trinajstić information content (AvgIpc) is 2.96. The van der Waals surface area contributed by atoms with Crippen molar-refractivity contribution in [3.63, 3.8) is 0 Å². The van der Waals surface area contributed by atoms with Crippen LogP contribution in [0.25, 0.3) is 0 Å². The van der Waals surface area contributed by atoms with Gasteiger partial charge >= 0.3 is 5.97 Å². The number of sulfonamides is 1. The van der Waals surface area contributed by atoms with Gasteiger partial charge in [-0.1, -0.05) is 12.8 Å². The van der Waals surface area contributed by atoms with E-state index in [2.05, 4.69) is 9.71 Å². The molecule has 1 aromatic heterocycles. The van der Waals surface area contributed by atoms with E-state index in [1.54, 1.807) is 4.57 Å². The van der Waals surface area contributed by atoms with Gasteiger partial charge in [0.2, 0.25) is 0 Å². The first-order chi connectivity index (χ1) is 8.89. The summed E-state index contributed by atoms with van der Waals surface area (Å²) in [5, 5.41) is 9.14. The molecule has 0 saturated heterocycles. The molecule has 1 saturated carbocycles. The van der Waals surface area contributed by atoms with Gasteiger partial charge in [0.15, 0.2) is 5.03 Å². The molecule has 8 heteroatoms. The Kier molecular flexibility index (Phi) is 3.64. The van der Waals surface area contributed by atoms with E-state index in [-0.39, 0.29) is 5.03 Å². The van der Waals surface area contributed by atoms with E-state index >= 15 is 0 Å². The second-order valence-corrected chi connectivity index (χ2v) is 6.37. The lowest BCUT2D eigenvalue weighted by Crippen LogP contribution is -2.52. The van der Waals surface area contributed by atoms with Crippen LogP contribution in [0.5, 0.6) is 0 Å². The number of hydrogen-bond donors (Lipinski definition) is 2. The highest BCUT2D eigenvalue weighted by atomic mass is 32.2. The molecule has 0 atom stereocenters. The number of carbonyl (C=O) groups is 1. The summed E-state index contributed by atoms with van der Waals surface area (Å²) in [4.78, 5) is 15.2. The van der Waals surface area contributed by atoms with Crippen molar-refractivity contribution in [2.75, 3.05) is 0 Å². The fourth-order valence-corrected chi connectivity index (χ4v) is 3.67. The van der Waals surface area contributed by atoms with Crippen molar-refractivity contribution in [2.24, 2.45) is 0 Å². The molecule has 1 aromatic rings. The molecular weight excluding hydrogens is 270 g/mol. The molecular formula is C11H17N3O4S. The molecule has 1 fully saturated rings. The van der Waals surface area contributed by atoms with E-state index in [9.17, 15) is 18.3 Å². The molecule has 19 heavy (non-hydrogen) atoms. The van der Waals surface area contributed by atoms with Crippen molar-refractivity contribution in [3.8, 4) is 0 Å². The van der Waals surface area contributed by atoms with Gasteiger partial charge in [0.25, 0.3) is 10.0 Å². The molecule has 1 aliphatic rings. The van der Waals surface area contributed by atoms with Crippen molar-refractivity contribution in [2.45, 2.75) is 49.7 Å². The molecule has 1 heterocycles. The third-order valence-corrected chi connectivity index (χ3v) is 4.87. The first-order valence-electron chi connectivity index (χ1n) is 6.19. The SMILES string of the molecule is CCn1cnc(S(=O)(=O)NC2(C(=O)O)CCCC2)c1. The van der Waals surface area contributed by atoms with E-state index < -0.39 is 21.5 Å². The number of aliphatic carboxylic acids is 1. The van der Waals surface area contributed by atoms with E-state index in [0.717, 1.165) is 0 Å². The minimum Gasteiger partial charge on any atom is -0.480 e. The largest absolute Gasteiger partial charge is 0.480 e. The zero-order valence-electron chi connectivity index (χ0n) is 10.7. The summed E-state index contributed by atoms with van der Waals surface area (Å²) < 4.78 is 28.3. The van der Waals surface area contributed by atoms with E-state index in [1.807, 2.05) is 6.92 Å². The number of rotatable bonds is 5. The number of aryl methyl sites for hydroxylation is 1. The molecule has 2 N–H and O–H groups in total. The summed E-state index contributed by atoms with van der Waals surface area (Å²) in [6, 6.07) is 0. The highest BCUT2D eigenvalue weighted by Gasteiger charge is 2.45. The van der Waals surface area contributed by atoms with Crippen LogP contribution < -0.4 is 4.72 Å². The summed E-state index contributed by atoms with van der Waals surface area (Å²) in [7, 11) is -3.90. The van der Waals surface area contributed by atoms with Crippen molar-refractivity contribution in [1.82, 2.24) is 14.3 Å². The topological polar surface area (TPSA) is 101 Å². The molecule has 0 amide bonds. The Morgan fingerprint density at radius 1 is 1.53 bits per heavy atom. The second-order valence-electron chi connectivity index (χ2n) is 4.74. The Morgan fingerprint density at radius 2 is 2.16 bits per heavy atom. The van der Waals surface area contributed by atoms with E-state index in [0.29, 0.717) is 32.2 Å². The highest BCUT2D eigenvalue weighted by Crippen LogP contribution is 2.31. The van der Waals surface area contributed by atoms with Crippen LogP contribution in [-0.4, -0.2) is 34.6 Å². The van der Waals surface area contributed by atoms with Crippen molar-refractivity contribution in [1.29, 1.82) is 0 Å². The van der Waals surface area contributed by atoms with Gasteiger partial charge < -0.3 is 9.67 Å². The Morgan fingerprint density at radius 3 is 2.63 bits per heavy atom. The smallest absolute Gasteiger partial charge is 0.324 e. The number of aromatic nitrogens is 2. The summed E-state index contributed by atoms with van der Waals surface area (Å²) in [6.07, 6.45) is 4.85. The molecule has 0 aliphatic heterocycles. The molecule has 0 spiro atoms. The molecule has 0 radical (unpaired) electrons. The summed E-state index contributed by atoms with van der Waals surface area (Å²) in [6.45, 7) is 2.47. The van der Waals surface area contributed by atoms with Crippen molar-refractivity contribution >= 4 is 16.0 Å². The van der Waals surface area contributed by atoms with Crippen LogP contribution in [0.1, 0.15) is 32.6 Å². The lowest BCUT2D eigenvalue weighted by Gasteiger charge is -2.24. The molecule has 2 rings (SSSR count). The van der Waals surface area contributed by atoms with Gasteiger partial charge in [-0.05, 0) is 19.8 Å². The first-order valence-corrected chi connectivity index (χ1v) is 7.67.